The highest BCUT2D eigenvalue weighted by Gasteiger charge is 2.76. The van der Waals surface area contributed by atoms with Crippen molar-refractivity contribution in [2.24, 2.45) is 11.8 Å². The number of unbranched alkanes of at least 4 members (excludes halogenated alkanes) is 2. The van der Waals surface area contributed by atoms with Gasteiger partial charge in [0, 0.05) is 23.2 Å². The van der Waals surface area contributed by atoms with E-state index in [1.54, 1.807) is 34.6 Å². The fourth-order valence-corrected chi connectivity index (χ4v) is 9.17. The van der Waals surface area contributed by atoms with Gasteiger partial charge in [0.2, 0.25) is 11.8 Å². The third kappa shape index (κ3) is 4.52. The maximum absolute atomic E-state index is 14.0. The van der Waals surface area contributed by atoms with Crippen molar-refractivity contribution in [2.45, 2.75) is 66.4 Å². The van der Waals surface area contributed by atoms with Gasteiger partial charge < -0.3 is 19.6 Å². The molecule has 3 aliphatic rings. The molecule has 0 radical (unpaired) electrons. The lowest BCUT2D eigenvalue weighted by atomic mass is 9.71. The fourth-order valence-electron chi connectivity index (χ4n) is 5.59. The molecule has 0 saturated carbocycles. The zero-order valence-corrected chi connectivity index (χ0v) is 21.9. The van der Waals surface area contributed by atoms with Gasteiger partial charge in [0.1, 0.15) is 12.6 Å². The molecule has 1 spiro atoms. The number of aliphatic hydroxyl groups excluding tert-OH is 1. The van der Waals surface area contributed by atoms with E-state index in [4.69, 9.17) is 4.74 Å². The first-order valence-electron chi connectivity index (χ1n) is 11.7. The number of fused-ring (bicyclic) bond motifs is 1. The summed E-state index contributed by atoms with van der Waals surface area (Å²) in [4.78, 5) is 44.2. The molecule has 33 heavy (non-hydrogen) atoms. The Kier molecular flexibility index (Phi) is 8.72. The summed E-state index contributed by atoms with van der Waals surface area (Å²) in [5, 5.41) is 9.80. The van der Waals surface area contributed by atoms with Gasteiger partial charge in [-0.15, -0.1) is 18.3 Å². The minimum Gasteiger partial charge on any atom is -0.461 e. The molecule has 7 nitrogen and oxygen atoms in total. The van der Waals surface area contributed by atoms with Crippen LogP contribution in [0, 0.1) is 11.8 Å². The van der Waals surface area contributed by atoms with Crippen molar-refractivity contribution in [1.29, 1.82) is 0 Å². The summed E-state index contributed by atoms with van der Waals surface area (Å²) in [6, 6.07) is -1.28. The molecule has 9 heteroatoms. The van der Waals surface area contributed by atoms with E-state index in [9.17, 15) is 19.5 Å². The van der Waals surface area contributed by atoms with Crippen LogP contribution in [-0.2, 0) is 19.1 Å². The van der Waals surface area contributed by atoms with Crippen molar-refractivity contribution in [2.75, 3.05) is 26.3 Å². The lowest BCUT2D eigenvalue weighted by molar-refractivity contribution is -0.153. The van der Waals surface area contributed by atoms with Gasteiger partial charge in [0.15, 0.2) is 0 Å². The van der Waals surface area contributed by atoms with Crippen LogP contribution >= 0.6 is 27.7 Å². The van der Waals surface area contributed by atoms with E-state index in [0.717, 1.165) is 19.3 Å². The molecule has 0 aromatic rings. The number of carbonyl (C=O) groups is 3. The average molecular weight is 544 g/mol. The molecule has 3 aliphatic heterocycles. The first kappa shape index (κ1) is 26.3. The van der Waals surface area contributed by atoms with Gasteiger partial charge in [0.25, 0.3) is 0 Å². The zero-order chi connectivity index (χ0) is 24.3. The third-order valence-electron chi connectivity index (χ3n) is 7.01. The van der Waals surface area contributed by atoms with E-state index in [0.29, 0.717) is 19.5 Å². The Morgan fingerprint density at radius 2 is 2.12 bits per heavy atom. The summed E-state index contributed by atoms with van der Waals surface area (Å²) in [5.74, 6) is -2.08. The van der Waals surface area contributed by atoms with Crippen molar-refractivity contribution in [3.05, 3.63) is 25.3 Å². The van der Waals surface area contributed by atoms with Gasteiger partial charge >= 0.3 is 5.97 Å². The molecule has 184 valence electrons. The van der Waals surface area contributed by atoms with Crippen LogP contribution in [0.4, 0.5) is 0 Å². The van der Waals surface area contributed by atoms with Crippen molar-refractivity contribution in [3.8, 4) is 0 Å². The lowest BCUT2D eigenvalue weighted by Gasteiger charge is -2.39. The predicted molar refractivity (Wildman–Crippen MR) is 133 cm³/mol. The molecule has 0 aliphatic carbocycles. The summed E-state index contributed by atoms with van der Waals surface area (Å²) in [6.07, 6.45) is 6.73. The van der Waals surface area contributed by atoms with E-state index < -0.39 is 34.6 Å². The van der Waals surface area contributed by atoms with Gasteiger partial charge in [-0.25, -0.2) is 0 Å². The standard InChI is InChI=1S/C24H35BrN2O5S/c1-5-8-9-11-26(10-6-2)22(30)20-24-13-16(25)19(33-24)17(23(31)32-12-7-3)18(24)21(29)27(20)15(4)14-28/h6-7,15-20,28H,2-3,5,8-14H2,1,4H3/t15-,16?,17+,18+,19+,20?,24?/m1/s1. The number of thioether (sulfide) groups is 1. The summed E-state index contributed by atoms with van der Waals surface area (Å²) in [7, 11) is 0. The second kappa shape index (κ2) is 11.0. The fraction of sp³-hybridized carbons (Fsp3) is 0.708. The Labute approximate surface area is 209 Å². The van der Waals surface area contributed by atoms with Crippen molar-refractivity contribution < 1.29 is 24.2 Å². The second-order valence-electron chi connectivity index (χ2n) is 9.14. The van der Waals surface area contributed by atoms with Gasteiger partial charge in [-0.1, -0.05) is 54.4 Å². The Bertz CT molecular complexity index is 795. The summed E-state index contributed by atoms with van der Waals surface area (Å²) in [6.45, 7) is 12.1. The highest BCUT2D eigenvalue weighted by molar-refractivity contribution is 9.09. The number of halogens is 1. The number of hydrogen-bond donors (Lipinski definition) is 1. The number of amides is 2. The summed E-state index contributed by atoms with van der Waals surface area (Å²) in [5.41, 5.74) is 0. The minimum atomic E-state index is -0.744. The smallest absolute Gasteiger partial charge is 0.311 e. The number of ether oxygens (including phenoxy) is 1. The van der Waals surface area contributed by atoms with Crippen molar-refractivity contribution in [3.63, 3.8) is 0 Å². The Balaban J connectivity index is 2.02. The molecule has 3 heterocycles. The van der Waals surface area contributed by atoms with Crippen LogP contribution in [0.25, 0.3) is 0 Å². The minimum absolute atomic E-state index is 0.0135. The molecular weight excluding hydrogens is 508 g/mol. The largest absolute Gasteiger partial charge is 0.461 e. The molecule has 3 saturated heterocycles. The molecule has 3 unspecified atom stereocenters. The number of esters is 1. The molecule has 2 amide bonds. The summed E-state index contributed by atoms with van der Waals surface area (Å²) < 4.78 is 4.64. The lowest BCUT2D eigenvalue weighted by Crippen LogP contribution is -2.57. The molecule has 0 aromatic carbocycles. The third-order valence-corrected chi connectivity index (χ3v) is 10.2. The number of aliphatic hydroxyl groups is 1. The van der Waals surface area contributed by atoms with Crippen LogP contribution in [0.5, 0.6) is 0 Å². The molecule has 2 bridgehead atoms. The van der Waals surface area contributed by atoms with Crippen LogP contribution in [-0.4, -0.2) is 85.9 Å². The number of carbonyl (C=O) groups excluding carboxylic acids is 3. The number of rotatable bonds is 12. The van der Waals surface area contributed by atoms with Crippen molar-refractivity contribution >= 4 is 45.5 Å². The van der Waals surface area contributed by atoms with E-state index >= 15 is 0 Å². The Morgan fingerprint density at radius 3 is 2.73 bits per heavy atom. The highest BCUT2D eigenvalue weighted by Crippen LogP contribution is 2.68. The number of likely N-dealkylation sites (tertiary alicyclic amines) is 1. The van der Waals surface area contributed by atoms with Crippen LogP contribution in [0.15, 0.2) is 25.3 Å². The zero-order valence-electron chi connectivity index (χ0n) is 19.5. The summed E-state index contributed by atoms with van der Waals surface area (Å²) >= 11 is 5.30. The SMILES string of the molecule is C=CCOC(=O)[C@H]1[C@H]2C(=O)N([C@H](C)CO)C(C(=O)N(CC=C)CCCCC)C23CC(Br)[C@@H]1S3. The topological polar surface area (TPSA) is 87.1 Å². The molecule has 0 aromatic heterocycles. The van der Waals surface area contributed by atoms with Gasteiger partial charge in [-0.3, -0.25) is 14.4 Å². The first-order chi connectivity index (χ1) is 15.8. The normalized spacial score (nSPS) is 33.0. The maximum atomic E-state index is 14.0. The van der Waals surface area contributed by atoms with E-state index in [-0.39, 0.29) is 35.1 Å². The molecule has 1 N–H and O–H groups in total. The molecule has 3 fully saturated rings. The maximum Gasteiger partial charge on any atom is 0.311 e. The van der Waals surface area contributed by atoms with Crippen LogP contribution < -0.4 is 0 Å². The Hall–Kier alpha value is -1.32. The molecular formula is C24H35BrN2O5S. The highest BCUT2D eigenvalue weighted by atomic mass is 79.9. The van der Waals surface area contributed by atoms with Gasteiger partial charge in [-0.2, -0.15) is 0 Å². The average Bonchev–Trinajstić information content (AvgIpc) is 3.39. The predicted octanol–water partition coefficient (Wildman–Crippen LogP) is 2.77. The number of nitrogens with zero attached hydrogens (tertiary/aromatic N) is 2. The molecule has 7 atom stereocenters. The van der Waals surface area contributed by atoms with E-state index in [2.05, 4.69) is 36.0 Å². The monoisotopic (exact) mass is 542 g/mol. The quantitative estimate of drug-likeness (QED) is 0.176. The van der Waals surface area contributed by atoms with E-state index in [1.165, 1.54) is 6.08 Å². The first-order valence-corrected chi connectivity index (χ1v) is 13.5. The van der Waals surface area contributed by atoms with Gasteiger partial charge in [0.05, 0.1) is 29.2 Å². The van der Waals surface area contributed by atoms with Crippen molar-refractivity contribution in [1.82, 2.24) is 9.80 Å². The number of alkyl halides is 1. The van der Waals surface area contributed by atoms with Crippen LogP contribution in [0.2, 0.25) is 0 Å². The molecule has 3 rings (SSSR count). The van der Waals surface area contributed by atoms with Crippen LogP contribution in [0.1, 0.15) is 39.5 Å². The number of hydrogen-bond acceptors (Lipinski definition) is 6. The van der Waals surface area contributed by atoms with Crippen LogP contribution in [0.3, 0.4) is 0 Å². The van der Waals surface area contributed by atoms with E-state index in [1.807, 2.05) is 0 Å². The Morgan fingerprint density at radius 1 is 1.39 bits per heavy atom. The van der Waals surface area contributed by atoms with Gasteiger partial charge in [-0.05, 0) is 19.8 Å². The second-order valence-corrected chi connectivity index (χ2v) is 11.9.